The van der Waals surface area contributed by atoms with Gasteiger partial charge in [0.05, 0.1) is 37.3 Å². The number of aliphatic hydroxyl groups is 1. The van der Waals surface area contributed by atoms with Gasteiger partial charge in [0.15, 0.2) is 0 Å². The Kier molecular flexibility index (Phi) is 8.03. The van der Waals surface area contributed by atoms with Crippen molar-refractivity contribution in [3.63, 3.8) is 0 Å². The van der Waals surface area contributed by atoms with E-state index in [0.29, 0.717) is 43.0 Å². The zero-order valence-corrected chi connectivity index (χ0v) is 21.5. The minimum Gasteiger partial charge on any atom is -0.439 e. The maximum atomic E-state index is 13.9. The zero-order valence-electron chi connectivity index (χ0n) is 21.5. The summed E-state index contributed by atoms with van der Waals surface area (Å²) in [7, 11) is 0. The molecule has 0 saturated carbocycles. The Balaban J connectivity index is 1.31. The van der Waals surface area contributed by atoms with Crippen molar-refractivity contribution in [2.75, 3.05) is 48.4 Å². The van der Waals surface area contributed by atoms with E-state index in [1.165, 1.54) is 35.3 Å². The molecule has 41 heavy (non-hydrogen) atoms. The number of anilines is 3. The van der Waals surface area contributed by atoms with Gasteiger partial charge in [-0.2, -0.15) is 13.2 Å². The van der Waals surface area contributed by atoms with Gasteiger partial charge in [0.25, 0.3) is 0 Å². The second-order valence-electron chi connectivity index (χ2n) is 9.03. The Hall–Kier alpha value is -4.69. The van der Waals surface area contributed by atoms with Crippen LogP contribution in [-0.2, 0) is 15.7 Å². The number of halogens is 3. The molecule has 0 atom stereocenters. The summed E-state index contributed by atoms with van der Waals surface area (Å²) in [6.07, 6.45) is -1.98. The van der Waals surface area contributed by atoms with Gasteiger partial charge in [-0.25, -0.2) is 14.8 Å². The lowest BCUT2D eigenvalue weighted by Gasteiger charge is -2.31. The molecular formula is C27H25F3N6O5. The Morgan fingerprint density at radius 2 is 1.83 bits per heavy atom. The number of hydrogen-bond acceptors (Lipinski definition) is 8. The molecule has 1 aliphatic heterocycles. The molecule has 11 nitrogen and oxygen atoms in total. The van der Waals surface area contributed by atoms with E-state index in [2.05, 4.69) is 20.6 Å². The molecule has 5 rings (SSSR count). The van der Waals surface area contributed by atoms with E-state index in [0.717, 1.165) is 6.07 Å². The Labute approximate surface area is 231 Å². The van der Waals surface area contributed by atoms with Gasteiger partial charge in [-0.05, 0) is 42.5 Å². The minimum atomic E-state index is -4.61. The highest BCUT2D eigenvalue weighted by Gasteiger charge is 2.35. The number of amides is 2. The first-order valence-electron chi connectivity index (χ1n) is 12.6. The number of morpholine rings is 1. The first kappa shape index (κ1) is 27.9. The molecule has 0 bridgehead atoms. The third-order valence-corrected chi connectivity index (χ3v) is 6.26. The number of carbonyl (C=O) groups is 2. The minimum absolute atomic E-state index is 0.00628. The molecule has 2 aromatic carbocycles. The number of nitrogens with one attached hydrogen (secondary N) is 2. The number of rotatable bonds is 7. The highest BCUT2D eigenvalue weighted by atomic mass is 19.4. The number of carbonyl (C=O) groups excluding carboxylic acids is 2. The van der Waals surface area contributed by atoms with E-state index in [1.54, 1.807) is 29.2 Å². The van der Waals surface area contributed by atoms with Crippen LogP contribution in [-0.4, -0.2) is 64.5 Å². The van der Waals surface area contributed by atoms with Crippen LogP contribution in [0.4, 0.5) is 35.2 Å². The van der Waals surface area contributed by atoms with Gasteiger partial charge in [-0.15, -0.1) is 0 Å². The van der Waals surface area contributed by atoms with Crippen LogP contribution >= 0.6 is 0 Å². The molecule has 14 heteroatoms. The summed E-state index contributed by atoms with van der Waals surface area (Å²) in [5, 5.41) is 14.6. The normalized spacial score (nSPS) is 13.7. The van der Waals surface area contributed by atoms with Gasteiger partial charge in [0, 0.05) is 42.1 Å². The van der Waals surface area contributed by atoms with Crippen LogP contribution in [0, 0.1) is 0 Å². The molecule has 214 valence electrons. The van der Waals surface area contributed by atoms with E-state index in [1.807, 2.05) is 0 Å². The van der Waals surface area contributed by atoms with Crippen LogP contribution in [0.1, 0.15) is 12.0 Å². The van der Waals surface area contributed by atoms with Crippen molar-refractivity contribution in [3.8, 4) is 11.6 Å². The van der Waals surface area contributed by atoms with Gasteiger partial charge in [-0.3, -0.25) is 9.36 Å². The van der Waals surface area contributed by atoms with Crippen LogP contribution in [0.15, 0.2) is 61.1 Å². The van der Waals surface area contributed by atoms with Crippen LogP contribution in [0.3, 0.4) is 0 Å². The summed E-state index contributed by atoms with van der Waals surface area (Å²) < 4.78 is 53.9. The van der Waals surface area contributed by atoms with Crippen LogP contribution in [0.25, 0.3) is 10.9 Å². The van der Waals surface area contributed by atoms with E-state index in [9.17, 15) is 22.8 Å². The fraction of sp³-hybridized carbons (Fsp3) is 0.259. The standard InChI is InChI=1S/C27H25F3N6O5/c28-27(29,30)20-14-18(1-3-22(20)35-8-11-40-12-9-35)33-26(39)36-7-5-17-13-19(2-4-21(17)36)41-25-15-23(31-16-32-25)34-24(38)6-10-37/h1-5,7,13-16,37H,6,8-12H2,(H,33,39)(H,31,32,34,38). The average molecular weight is 571 g/mol. The molecule has 0 aliphatic carbocycles. The first-order chi connectivity index (χ1) is 19.7. The van der Waals surface area contributed by atoms with Gasteiger partial charge in [-0.1, -0.05) is 0 Å². The molecule has 3 heterocycles. The lowest BCUT2D eigenvalue weighted by Crippen LogP contribution is -2.37. The zero-order chi connectivity index (χ0) is 29.0. The summed E-state index contributed by atoms with van der Waals surface area (Å²) in [4.78, 5) is 34.3. The molecule has 4 aromatic rings. The fourth-order valence-corrected chi connectivity index (χ4v) is 4.36. The first-order valence-corrected chi connectivity index (χ1v) is 12.6. The predicted octanol–water partition coefficient (Wildman–Crippen LogP) is 4.48. The lowest BCUT2D eigenvalue weighted by molar-refractivity contribution is -0.137. The summed E-state index contributed by atoms with van der Waals surface area (Å²) in [5.41, 5.74) is -0.291. The lowest BCUT2D eigenvalue weighted by atomic mass is 10.1. The smallest absolute Gasteiger partial charge is 0.418 e. The van der Waals surface area contributed by atoms with Gasteiger partial charge >= 0.3 is 12.2 Å². The Morgan fingerprint density at radius 3 is 2.59 bits per heavy atom. The topological polar surface area (TPSA) is 131 Å². The molecule has 1 fully saturated rings. The van der Waals surface area contributed by atoms with E-state index in [4.69, 9.17) is 14.6 Å². The van der Waals surface area contributed by atoms with Crippen molar-refractivity contribution in [2.45, 2.75) is 12.6 Å². The predicted molar refractivity (Wildman–Crippen MR) is 143 cm³/mol. The Bertz CT molecular complexity index is 1570. The molecule has 1 saturated heterocycles. The van der Waals surface area contributed by atoms with Crippen molar-refractivity contribution in [1.82, 2.24) is 14.5 Å². The van der Waals surface area contributed by atoms with Gasteiger partial charge in [0.1, 0.15) is 17.9 Å². The summed E-state index contributed by atoms with van der Waals surface area (Å²) >= 11 is 0. The molecule has 3 N–H and O–H groups in total. The number of nitrogens with zero attached hydrogens (tertiary/aromatic N) is 4. The Morgan fingerprint density at radius 1 is 1.02 bits per heavy atom. The maximum absolute atomic E-state index is 13.9. The molecule has 0 spiro atoms. The molecule has 2 aromatic heterocycles. The molecular weight excluding hydrogens is 545 g/mol. The average Bonchev–Trinajstić information content (AvgIpc) is 3.37. The van der Waals surface area contributed by atoms with Crippen molar-refractivity contribution in [2.24, 2.45) is 0 Å². The molecule has 0 radical (unpaired) electrons. The van der Waals surface area contributed by atoms with Crippen molar-refractivity contribution < 1.29 is 37.3 Å². The number of aromatic nitrogens is 3. The van der Waals surface area contributed by atoms with Crippen molar-refractivity contribution >= 4 is 40.0 Å². The summed E-state index contributed by atoms with van der Waals surface area (Å²) in [6, 6.07) is 11.0. The molecule has 1 aliphatic rings. The highest BCUT2D eigenvalue weighted by Crippen LogP contribution is 2.38. The number of aliphatic hydroxyl groups excluding tert-OH is 1. The SMILES string of the molecule is O=C(CCO)Nc1cc(Oc2ccc3c(ccn3C(=O)Nc3ccc(N4CCOCC4)c(C(F)(F)F)c3)c2)ncn1. The largest absolute Gasteiger partial charge is 0.439 e. The van der Waals surface area contributed by atoms with E-state index < -0.39 is 23.7 Å². The molecule has 0 unspecified atom stereocenters. The van der Waals surface area contributed by atoms with Crippen molar-refractivity contribution in [1.29, 1.82) is 0 Å². The number of hydrogen-bond donors (Lipinski definition) is 3. The van der Waals surface area contributed by atoms with Crippen molar-refractivity contribution in [3.05, 3.63) is 66.6 Å². The number of benzene rings is 2. The fourth-order valence-electron chi connectivity index (χ4n) is 4.36. The number of alkyl halides is 3. The maximum Gasteiger partial charge on any atom is 0.418 e. The van der Waals surface area contributed by atoms with Crippen LogP contribution in [0.2, 0.25) is 0 Å². The second-order valence-corrected chi connectivity index (χ2v) is 9.03. The quantitative estimate of drug-likeness (QED) is 0.297. The second kappa shape index (κ2) is 11.8. The third kappa shape index (κ3) is 6.56. The monoisotopic (exact) mass is 570 g/mol. The third-order valence-electron chi connectivity index (χ3n) is 6.26. The summed E-state index contributed by atoms with van der Waals surface area (Å²) in [6.45, 7) is 1.07. The summed E-state index contributed by atoms with van der Waals surface area (Å²) in [5.74, 6) is 0.317. The number of ether oxygens (including phenoxy) is 2. The van der Waals surface area contributed by atoms with Crippen LogP contribution < -0.4 is 20.3 Å². The van der Waals surface area contributed by atoms with Gasteiger partial charge in [0.2, 0.25) is 11.8 Å². The highest BCUT2D eigenvalue weighted by molar-refractivity contribution is 5.99. The number of fused-ring (bicyclic) bond motifs is 1. The van der Waals surface area contributed by atoms with E-state index in [-0.39, 0.29) is 36.1 Å². The van der Waals surface area contributed by atoms with E-state index >= 15 is 0 Å². The molecule has 2 amide bonds. The van der Waals surface area contributed by atoms with Gasteiger partial charge < -0.3 is 30.1 Å². The van der Waals surface area contributed by atoms with Crippen LogP contribution in [0.5, 0.6) is 11.6 Å².